The fourth-order valence-corrected chi connectivity index (χ4v) is 1.95. The summed E-state index contributed by atoms with van der Waals surface area (Å²) in [7, 11) is 0. The fraction of sp³-hybridized carbons (Fsp3) is 0.231. The van der Waals surface area contributed by atoms with Gasteiger partial charge in [0.15, 0.2) is 0 Å². The fourth-order valence-electron chi connectivity index (χ4n) is 1.10. The van der Waals surface area contributed by atoms with Gasteiger partial charge < -0.3 is 0 Å². The molecule has 2 nitrogen and oxygen atoms in total. The van der Waals surface area contributed by atoms with E-state index < -0.39 is 0 Å². The third kappa shape index (κ3) is 4.13. The Morgan fingerprint density at radius 2 is 2.11 bits per heavy atom. The first-order valence-corrected chi connectivity index (χ1v) is 7.07. The molecule has 0 aliphatic rings. The van der Waals surface area contributed by atoms with Crippen LogP contribution >= 0.6 is 23.5 Å². The highest BCUT2D eigenvalue weighted by molar-refractivity contribution is 7.94. The molecular weight excluding hydrogens is 267 g/mol. The number of thiazole rings is 1. The second-order valence-electron chi connectivity index (χ2n) is 2.94. The summed E-state index contributed by atoms with van der Waals surface area (Å²) in [6, 6.07) is 3.47. The van der Waals surface area contributed by atoms with Gasteiger partial charge in [0.25, 0.3) is 0 Å². The molecule has 0 N–H and O–H groups in total. The molecule has 5 heteroatoms. The number of hydrogen-bond acceptors (Lipinski definition) is 4. The monoisotopic (exact) mass is 280 g/mol. The zero-order valence-corrected chi connectivity index (χ0v) is 12.0. The number of rotatable bonds is 1. The Bertz CT molecular complexity index is 555. The predicted molar refractivity (Wildman–Crippen MR) is 75.4 cm³/mol. The number of hydrogen-bond donors (Lipinski definition) is 0. The number of halogens is 1. The van der Waals surface area contributed by atoms with Crippen LogP contribution in [-0.2, 0) is 0 Å². The minimum Gasteiger partial charge on any atom is -0.246 e. The molecule has 0 aliphatic heterocycles. The lowest BCUT2D eigenvalue weighted by molar-refractivity contribution is 0.917. The first kappa shape index (κ1) is 14.7. The molecule has 0 aliphatic carbocycles. The van der Waals surface area contributed by atoms with Crippen molar-refractivity contribution in [3.05, 3.63) is 40.0 Å². The molecule has 94 valence electrons. The molecule has 0 fully saturated rings. The normalized spacial score (nSPS) is 8.89. The molecule has 0 saturated heterocycles. The van der Waals surface area contributed by atoms with E-state index in [9.17, 15) is 3.89 Å². The maximum atomic E-state index is 12.5. The number of pyridine rings is 1. The minimum absolute atomic E-state index is 0.104. The van der Waals surface area contributed by atoms with Gasteiger partial charge in [-0.1, -0.05) is 19.8 Å². The molecular formula is C13H13FN2S2. The van der Waals surface area contributed by atoms with Gasteiger partial charge in [0.1, 0.15) is 22.9 Å². The number of aromatic nitrogens is 2. The Labute approximate surface area is 115 Å². The van der Waals surface area contributed by atoms with E-state index in [0.717, 1.165) is 5.01 Å². The third-order valence-electron chi connectivity index (χ3n) is 1.79. The van der Waals surface area contributed by atoms with Crippen molar-refractivity contribution < 1.29 is 3.89 Å². The number of aryl methyl sites for hydroxylation is 1. The molecule has 0 atom stereocenters. The average Bonchev–Trinajstić information content (AvgIpc) is 2.85. The van der Waals surface area contributed by atoms with Gasteiger partial charge in [-0.2, -0.15) is 3.89 Å². The predicted octanol–water partition coefficient (Wildman–Crippen LogP) is 4.25. The van der Waals surface area contributed by atoms with Crippen LogP contribution in [0.15, 0.2) is 28.7 Å². The highest BCUT2D eigenvalue weighted by atomic mass is 32.2. The van der Waals surface area contributed by atoms with Crippen molar-refractivity contribution in [1.82, 2.24) is 9.97 Å². The van der Waals surface area contributed by atoms with Crippen molar-refractivity contribution in [3.63, 3.8) is 0 Å². The van der Waals surface area contributed by atoms with Crippen molar-refractivity contribution in [2.75, 3.05) is 0 Å². The summed E-state index contributed by atoms with van der Waals surface area (Å²) in [6.45, 7) is 5.92. The van der Waals surface area contributed by atoms with Crippen LogP contribution in [0.25, 0.3) is 0 Å². The lowest BCUT2D eigenvalue weighted by atomic mass is 10.3. The van der Waals surface area contributed by atoms with Crippen LogP contribution in [-0.4, -0.2) is 9.97 Å². The van der Waals surface area contributed by atoms with E-state index in [1.165, 1.54) is 0 Å². The van der Waals surface area contributed by atoms with Crippen LogP contribution in [0.1, 0.15) is 30.1 Å². The van der Waals surface area contributed by atoms with E-state index in [1.54, 1.807) is 29.7 Å². The molecule has 2 heterocycles. The molecule has 0 spiro atoms. The first-order chi connectivity index (χ1) is 8.79. The molecule has 0 amide bonds. The molecule has 0 unspecified atom stereocenters. The SMILES string of the molecule is CC.Cc1nc(C#Cc2cccnc2SF)cs1. The van der Waals surface area contributed by atoms with Crippen LogP contribution in [0.3, 0.4) is 0 Å². The summed E-state index contributed by atoms with van der Waals surface area (Å²) in [4.78, 5) is 8.09. The van der Waals surface area contributed by atoms with Gasteiger partial charge >= 0.3 is 0 Å². The van der Waals surface area contributed by atoms with E-state index in [2.05, 4.69) is 21.8 Å². The quantitative estimate of drug-likeness (QED) is 0.730. The standard InChI is InChI=1S/C11H7FN2S2.C2H6/c1-8-14-10(7-15-8)5-4-9-3-2-6-13-11(9)16-12;1-2/h2-3,6-7H,1H3;1-2H3. The van der Waals surface area contributed by atoms with E-state index in [-0.39, 0.29) is 12.1 Å². The van der Waals surface area contributed by atoms with Gasteiger partial charge in [-0.05, 0) is 25.0 Å². The maximum Gasteiger partial charge on any atom is 0.144 e. The largest absolute Gasteiger partial charge is 0.246 e. The first-order valence-electron chi connectivity index (χ1n) is 5.47. The lowest BCUT2D eigenvalue weighted by Gasteiger charge is -1.93. The summed E-state index contributed by atoms with van der Waals surface area (Å²) in [5, 5.41) is 3.14. The van der Waals surface area contributed by atoms with E-state index >= 15 is 0 Å². The second-order valence-corrected chi connectivity index (χ2v) is 4.54. The Morgan fingerprint density at radius 3 is 2.72 bits per heavy atom. The van der Waals surface area contributed by atoms with Crippen molar-refractivity contribution >= 4 is 23.5 Å². The molecule has 2 rings (SSSR count). The highest BCUT2D eigenvalue weighted by Crippen LogP contribution is 2.19. The van der Waals surface area contributed by atoms with Gasteiger partial charge in [0, 0.05) is 11.6 Å². The van der Waals surface area contributed by atoms with Crippen molar-refractivity contribution in [3.8, 4) is 11.8 Å². The summed E-state index contributed by atoms with van der Waals surface area (Å²) >= 11 is 1.65. The summed E-state index contributed by atoms with van der Waals surface area (Å²) < 4.78 is 12.5. The molecule has 2 aromatic rings. The summed E-state index contributed by atoms with van der Waals surface area (Å²) in [5.41, 5.74) is 1.29. The summed E-state index contributed by atoms with van der Waals surface area (Å²) in [5.74, 6) is 5.75. The van der Waals surface area contributed by atoms with Crippen LogP contribution in [0.2, 0.25) is 0 Å². The van der Waals surface area contributed by atoms with E-state index in [4.69, 9.17) is 0 Å². The Kier molecular flexibility index (Phi) is 6.40. The van der Waals surface area contributed by atoms with Crippen LogP contribution in [0.5, 0.6) is 0 Å². The molecule has 0 radical (unpaired) electrons. The molecule has 0 saturated carbocycles. The lowest BCUT2D eigenvalue weighted by Crippen LogP contribution is -1.83. The van der Waals surface area contributed by atoms with Gasteiger partial charge in [0.2, 0.25) is 0 Å². The van der Waals surface area contributed by atoms with Crippen LogP contribution in [0.4, 0.5) is 3.89 Å². The zero-order chi connectivity index (χ0) is 13.4. The van der Waals surface area contributed by atoms with Crippen molar-refractivity contribution in [2.45, 2.75) is 25.8 Å². The van der Waals surface area contributed by atoms with Gasteiger partial charge in [-0.15, -0.1) is 11.3 Å². The smallest absolute Gasteiger partial charge is 0.144 e. The average molecular weight is 280 g/mol. The summed E-state index contributed by atoms with van der Waals surface area (Å²) in [6.07, 6.45) is 1.54. The Hall–Kier alpha value is -1.38. The molecule has 0 aromatic carbocycles. The Balaban J connectivity index is 0.000000771. The van der Waals surface area contributed by atoms with Crippen LogP contribution in [0, 0.1) is 18.8 Å². The van der Waals surface area contributed by atoms with Gasteiger partial charge in [0.05, 0.1) is 10.6 Å². The van der Waals surface area contributed by atoms with Crippen molar-refractivity contribution in [1.29, 1.82) is 0 Å². The minimum atomic E-state index is 0.104. The van der Waals surface area contributed by atoms with E-state index in [1.807, 2.05) is 26.2 Å². The molecule has 2 aromatic heterocycles. The zero-order valence-electron chi connectivity index (χ0n) is 10.4. The van der Waals surface area contributed by atoms with Gasteiger partial charge in [-0.3, -0.25) is 0 Å². The molecule has 18 heavy (non-hydrogen) atoms. The topological polar surface area (TPSA) is 25.8 Å². The van der Waals surface area contributed by atoms with Crippen LogP contribution < -0.4 is 0 Å². The highest BCUT2D eigenvalue weighted by Gasteiger charge is 2.00. The molecule has 0 bridgehead atoms. The third-order valence-corrected chi connectivity index (χ3v) is 3.03. The van der Waals surface area contributed by atoms with Crippen molar-refractivity contribution in [2.24, 2.45) is 0 Å². The van der Waals surface area contributed by atoms with Gasteiger partial charge in [-0.25, -0.2) is 9.97 Å². The van der Waals surface area contributed by atoms with E-state index in [0.29, 0.717) is 16.3 Å². The Morgan fingerprint density at radius 1 is 1.33 bits per heavy atom. The maximum absolute atomic E-state index is 12.5. The number of nitrogens with zero attached hydrogens (tertiary/aromatic N) is 2. The second kappa shape index (κ2) is 7.85.